The Morgan fingerprint density at radius 3 is 2.60 bits per heavy atom. The van der Waals surface area contributed by atoms with E-state index in [1.807, 2.05) is 25.2 Å². The fraction of sp³-hybridized carbons (Fsp3) is 0.484. The minimum Gasteiger partial charge on any atom is -0.497 e. The quantitative estimate of drug-likeness (QED) is 0.420. The number of hydrogen-bond acceptors (Lipinski definition) is 8. The van der Waals surface area contributed by atoms with E-state index in [2.05, 4.69) is 40.3 Å². The van der Waals surface area contributed by atoms with E-state index in [1.54, 1.807) is 31.4 Å². The fourth-order valence-corrected chi connectivity index (χ4v) is 8.49. The van der Waals surface area contributed by atoms with Crippen LogP contribution in [-0.4, -0.2) is 79.6 Å². The highest BCUT2D eigenvalue weighted by molar-refractivity contribution is 5.73. The van der Waals surface area contributed by atoms with Gasteiger partial charge in [-0.05, 0) is 43.1 Å². The number of carbonyl (C=O) groups is 2. The van der Waals surface area contributed by atoms with Crippen molar-refractivity contribution in [3.63, 3.8) is 0 Å². The molecule has 2 N–H and O–H groups in total. The van der Waals surface area contributed by atoms with Crippen molar-refractivity contribution in [3.05, 3.63) is 66.2 Å². The third-order valence-electron chi connectivity index (χ3n) is 9.69. The van der Waals surface area contributed by atoms with Crippen LogP contribution in [0.1, 0.15) is 32.3 Å². The molecule has 1 amide bonds. The number of hydrogen-bond donors (Lipinski definition) is 2. The highest BCUT2D eigenvalue weighted by Gasteiger charge is 2.77. The third kappa shape index (κ3) is 3.60. The first-order valence-corrected chi connectivity index (χ1v) is 13.9. The third-order valence-corrected chi connectivity index (χ3v) is 9.69. The number of fused-ring (bicyclic) bond motifs is 1. The van der Waals surface area contributed by atoms with Crippen LogP contribution >= 0.6 is 0 Å². The summed E-state index contributed by atoms with van der Waals surface area (Å²) in [5.41, 5.74) is -0.702. The van der Waals surface area contributed by atoms with Crippen LogP contribution in [0.5, 0.6) is 11.5 Å². The Hall–Kier alpha value is -3.56. The van der Waals surface area contributed by atoms with Crippen molar-refractivity contribution in [2.75, 3.05) is 38.7 Å². The van der Waals surface area contributed by atoms with Gasteiger partial charge in [-0.15, -0.1) is 0 Å². The molecular formula is C31H37N3O6. The lowest BCUT2D eigenvalue weighted by atomic mass is 9.47. The molecule has 0 radical (unpaired) electrons. The molecule has 0 aromatic heterocycles. The maximum absolute atomic E-state index is 13.0. The van der Waals surface area contributed by atoms with Crippen LogP contribution < -0.4 is 19.7 Å². The van der Waals surface area contributed by atoms with Gasteiger partial charge in [0.15, 0.2) is 0 Å². The van der Waals surface area contributed by atoms with E-state index in [-0.39, 0.29) is 12.6 Å². The molecule has 1 spiro atoms. The Labute approximate surface area is 234 Å². The summed E-state index contributed by atoms with van der Waals surface area (Å²) in [7, 11) is 3.61. The first-order chi connectivity index (χ1) is 19.2. The van der Waals surface area contributed by atoms with Crippen molar-refractivity contribution in [2.45, 2.75) is 55.9 Å². The van der Waals surface area contributed by atoms with Crippen LogP contribution in [0.3, 0.4) is 0 Å². The first kappa shape index (κ1) is 26.7. The number of rotatable bonds is 6. The molecule has 3 heterocycles. The van der Waals surface area contributed by atoms with Crippen LogP contribution in [-0.2, 0) is 14.9 Å². The molecule has 2 aromatic carbocycles. The Morgan fingerprint density at radius 2 is 1.90 bits per heavy atom. The topological polar surface area (TPSA) is 101 Å². The van der Waals surface area contributed by atoms with Gasteiger partial charge in [0.2, 0.25) is 0 Å². The van der Waals surface area contributed by atoms with Gasteiger partial charge in [-0.1, -0.05) is 43.3 Å². The highest BCUT2D eigenvalue weighted by atomic mass is 16.6. The lowest BCUT2D eigenvalue weighted by molar-refractivity contribution is -0.216. The summed E-state index contributed by atoms with van der Waals surface area (Å²) >= 11 is 0. The summed E-state index contributed by atoms with van der Waals surface area (Å²) in [5.74, 6) is 0.650. The van der Waals surface area contributed by atoms with E-state index >= 15 is 0 Å². The molecule has 1 aliphatic carbocycles. The largest absolute Gasteiger partial charge is 0.497 e. The van der Waals surface area contributed by atoms with Gasteiger partial charge in [0.1, 0.15) is 23.2 Å². The predicted molar refractivity (Wildman–Crippen MR) is 150 cm³/mol. The molecule has 2 aromatic rings. The molecule has 0 unspecified atom stereocenters. The fourth-order valence-electron chi connectivity index (χ4n) is 8.49. The first-order valence-electron chi connectivity index (χ1n) is 13.9. The molecule has 9 nitrogen and oxygen atoms in total. The van der Waals surface area contributed by atoms with Crippen molar-refractivity contribution in [2.24, 2.45) is 5.41 Å². The van der Waals surface area contributed by atoms with Crippen LogP contribution in [0.4, 0.5) is 10.5 Å². The lowest BCUT2D eigenvalue weighted by Gasteiger charge is -2.64. The summed E-state index contributed by atoms with van der Waals surface area (Å²) in [4.78, 5) is 30.2. The van der Waals surface area contributed by atoms with Crippen molar-refractivity contribution in [1.29, 1.82) is 0 Å². The van der Waals surface area contributed by atoms with Crippen LogP contribution in [0.25, 0.3) is 0 Å². The van der Waals surface area contributed by atoms with Crippen molar-refractivity contribution < 1.29 is 28.9 Å². The van der Waals surface area contributed by atoms with Crippen molar-refractivity contribution in [1.82, 2.24) is 10.2 Å². The molecule has 6 rings (SSSR count). The van der Waals surface area contributed by atoms with Gasteiger partial charge in [-0.3, -0.25) is 9.69 Å². The second-order valence-corrected chi connectivity index (χ2v) is 11.5. The summed E-state index contributed by atoms with van der Waals surface area (Å²) in [6, 6.07) is 14.4. The van der Waals surface area contributed by atoms with Crippen LogP contribution in [0, 0.1) is 5.41 Å². The minimum absolute atomic E-state index is 0.0157. The van der Waals surface area contributed by atoms with Gasteiger partial charge in [0.05, 0.1) is 19.7 Å². The zero-order chi connectivity index (χ0) is 28.3. The second kappa shape index (κ2) is 9.52. The average Bonchev–Trinajstić information content (AvgIpc) is 3.46. The van der Waals surface area contributed by atoms with Gasteiger partial charge >= 0.3 is 12.1 Å². The second-order valence-electron chi connectivity index (χ2n) is 11.5. The van der Waals surface area contributed by atoms with E-state index in [0.29, 0.717) is 12.2 Å². The highest BCUT2D eigenvalue weighted by Crippen LogP contribution is 2.67. The van der Waals surface area contributed by atoms with Gasteiger partial charge in [-0.25, -0.2) is 4.79 Å². The monoisotopic (exact) mass is 547 g/mol. The normalized spacial score (nSPS) is 33.5. The Morgan fingerprint density at radius 1 is 1.12 bits per heavy atom. The zero-order valence-corrected chi connectivity index (χ0v) is 23.4. The smallest absolute Gasteiger partial charge is 0.412 e. The van der Waals surface area contributed by atoms with E-state index in [9.17, 15) is 14.7 Å². The lowest BCUT2D eigenvalue weighted by Crippen LogP contribution is -2.81. The Balaban J connectivity index is 1.50. The maximum Gasteiger partial charge on any atom is 0.412 e. The van der Waals surface area contributed by atoms with Gasteiger partial charge < -0.3 is 29.5 Å². The van der Waals surface area contributed by atoms with Crippen molar-refractivity contribution in [3.8, 4) is 11.5 Å². The van der Waals surface area contributed by atoms with E-state index < -0.39 is 40.6 Å². The molecule has 4 aliphatic rings. The number of amides is 1. The number of benzene rings is 2. The number of carbonyl (C=O) groups excluding carboxylic acids is 2. The van der Waals surface area contributed by atoms with E-state index in [1.165, 1.54) is 6.92 Å². The Kier molecular flexibility index (Phi) is 6.34. The Bertz CT molecular complexity index is 1350. The number of esters is 1. The number of nitrogens with zero attached hydrogens (tertiary/aromatic N) is 2. The van der Waals surface area contributed by atoms with E-state index in [4.69, 9.17) is 14.2 Å². The number of methoxy groups -OCH3 is 1. The number of para-hydroxylation sites is 1. The van der Waals surface area contributed by atoms with Crippen LogP contribution in [0.15, 0.2) is 60.7 Å². The summed E-state index contributed by atoms with van der Waals surface area (Å²) in [6.07, 6.45) is 4.14. The summed E-state index contributed by atoms with van der Waals surface area (Å²) in [5, 5.41) is 15.8. The van der Waals surface area contributed by atoms with Crippen LogP contribution in [0.2, 0.25) is 0 Å². The molecule has 212 valence electrons. The number of nitrogens with one attached hydrogen (secondary N) is 1. The minimum atomic E-state index is -1.66. The SMILES string of the molecule is CC[C@]12C=CCN3CC[C@@]4(c5ccc(OC)cc5N(C)[C@H]4[C@@](O)(CNC(=O)Oc4ccccc4)[C@@H]1OC(C)=O)[C@@H]32. The molecule has 6 atom stereocenters. The summed E-state index contributed by atoms with van der Waals surface area (Å²) in [6.45, 7) is 4.93. The molecular weight excluding hydrogens is 510 g/mol. The molecule has 0 bridgehead atoms. The van der Waals surface area contributed by atoms with Gasteiger partial charge in [0.25, 0.3) is 0 Å². The number of ether oxygens (including phenoxy) is 3. The molecule has 1 saturated carbocycles. The molecule has 40 heavy (non-hydrogen) atoms. The average molecular weight is 548 g/mol. The molecule has 2 fully saturated rings. The maximum atomic E-state index is 13.0. The number of likely N-dealkylation sites (N-methyl/N-ethyl adjacent to an activating group) is 1. The van der Waals surface area contributed by atoms with Crippen molar-refractivity contribution >= 4 is 17.7 Å². The van der Waals surface area contributed by atoms with Gasteiger partial charge in [-0.2, -0.15) is 0 Å². The molecule has 9 heteroatoms. The zero-order valence-electron chi connectivity index (χ0n) is 23.4. The molecule has 3 aliphatic heterocycles. The number of anilines is 1. The predicted octanol–water partition coefficient (Wildman–Crippen LogP) is 3.26. The molecule has 1 saturated heterocycles. The standard InChI is InChI=1S/C31H37N3O6/c1-5-29-14-9-16-34-17-15-30(25(29)34)23-13-12-22(38-4)18-24(23)33(3)26(30)31(37,27(29)39-20(2)35)19-32-28(36)40-21-10-7-6-8-11-21/h6-14,18,25-27,37H,5,15-17,19H2,1-4H3,(H,32,36)/t25-,26+,27+,29+,30+,31-/m0/s1. The number of aliphatic hydroxyl groups is 1. The van der Waals surface area contributed by atoms with E-state index in [0.717, 1.165) is 36.5 Å². The summed E-state index contributed by atoms with van der Waals surface area (Å²) < 4.78 is 17.2. The van der Waals surface area contributed by atoms with Gasteiger partial charge in [0, 0.05) is 49.1 Å².